The molecule has 0 saturated heterocycles. The van der Waals surface area contributed by atoms with Gasteiger partial charge in [-0.1, -0.05) is 41.6 Å². The van der Waals surface area contributed by atoms with Crippen molar-refractivity contribution in [3.05, 3.63) is 78.1 Å². The van der Waals surface area contributed by atoms with Gasteiger partial charge in [-0.05, 0) is 85.5 Å². The molecule has 1 atom stereocenters. The van der Waals surface area contributed by atoms with Crippen LogP contribution in [-0.2, 0) is 11.2 Å². The van der Waals surface area contributed by atoms with Crippen molar-refractivity contribution in [2.45, 2.75) is 38.1 Å². The number of nitrogens with zero attached hydrogens (tertiary/aromatic N) is 2. The van der Waals surface area contributed by atoms with E-state index in [2.05, 4.69) is 27.6 Å². The highest BCUT2D eigenvalue weighted by Gasteiger charge is 2.28. The van der Waals surface area contributed by atoms with E-state index in [1.165, 1.54) is 0 Å². The zero-order valence-electron chi connectivity index (χ0n) is 19.7. The second-order valence-corrected chi connectivity index (χ2v) is 9.45. The first-order valence-electron chi connectivity index (χ1n) is 12.3. The number of pyridine rings is 1. The quantitative estimate of drug-likeness (QED) is 0.363. The molecule has 0 spiro atoms. The Kier molecular flexibility index (Phi) is 6.77. The van der Waals surface area contributed by atoms with Gasteiger partial charge in [0, 0.05) is 12.1 Å². The second-order valence-electron chi connectivity index (χ2n) is 9.45. The molecule has 7 nitrogen and oxygen atoms in total. The maximum Gasteiger partial charge on any atom is 0.223 e. The molecule has 0 aliphatic heterocycles. The SMILES string of the molecule is NCC1CCC(C(=O)N[C@@H](Cc2ccccc2)c2cc(-c3ccc4c(N)noc4c3)ccn2)CC1. The molecule has 5 N–H and O–H groups in total. The van der Waals surface area contributed by atoms with Crippen LogP contribution in [0.15, 0.2) is 71.4 Å². The summed E-state index contributed by atoms with van der Waals surface area (Å²) in [6.45, 7) is 0.703. The molecule has 5 rings (SSSR count). The van der Waals surface area contributed by atoms with Crippen molar-refractivity contribution in [3.8, 4) is 11.1 Å². The highest BCUT2D eigenvalue weighted by molar-refractivity contribution is 5.90. The Morgan fingerprint density at radius 2 is 1.80 bits per heavy atom. The van der Waals surface area contributed by atoms with Crippen LogP contribution < -0.4 is 16.8 Å². The van der Waals surface area contributed by atoms with E-state index >= 15 is 0 Å². The lowest BCUT2D eigenvalue weighted by molar-refractivity contribution is -0.127. The fourth-order valence-electron chi connectivity index (χ4n) is 4.98. The first-order chi connectivity index (χ1) is 17.1. The molecule has 2 aromatic carbocycles. The number of anilines is 1. The summed E-state index contributed by atoms with van der Waals surface area (Å²) in [6.07, 6.45) is 6.26. The van der Waals surface area contributed by atoms with Gasteiger partial charge in [-0.2, -0.15) is 0 Å². The molecule has 35 heavy (non-hydrogen) atoms. The van der Waals surface area contributed by atoms with Crippen molar-refractivity contribution in [2.24, 2.45) is 17.6 Å². The van der Waals surface area contributed by atoms with E-state index in [9.17, 15) is 4.79 Å². The third-order valence-corrected chi connectivity index (χ3v) is 7.12. The molecule has 2 heterocycles. The lowest BCUT2D eigenvalue weighted by Crippen LogP contribution is -2.37. The van der Waals surface area contributed by atoms with Gasteiger partial charge in [-0.15, -0.1) is 0 Å². The zero-order valence-corrected chi connectivity index (χ0v) is 19.7. The highest BCUT2D eigenvalue weighted by atomic mass is 16.5. The van der Waals surface area contributed by atoms with Crippen molar-refractivity contribution in [1.82, 2.24) is 15.5 Å². The molecule has 180 valence electrons. The van der Waals surface area contributed by atoms with E-state index in [0.717, 1.165) is 53.5 Å². The van der Waals surface area contributed by atoms with E-state index in [-0.39, 0.29) is 17.9 Å². The van der Waals surface area contributed by atoms with Crippen LogP contribution in [0.3, 0.4) is 0 Å². The van der Waals surface area contributed by atoms with Gasteiger partial charge in [0.25, 0.3) is 0 Å². The lowest BCUT2D eigenvalue weighted by atomic mass is 9.81. The molecule has 1 aliphatic rings. The molecule has 1 fully saturated rings. The summed E-state index contributed by atoms with van der Waals surface area (Å²) in [5.41, 5.74) is 16.3. The Morgan fingerprint density at radius 1 is 1.03 bits per heavy atom. The van der Waals surface area contributed by atoms with Crippen molar-refractivity contribution < 1.29 is 9.32 Å². The monoisotopic (exact) mass is 469 g/mol. The molecular formula is C28H31N5O2. The van der Waals surface area contributed by atoms with E-state index < -0.39 is 0 Å². The highest BCUT2D eigenvalue weighted by Crippen LogP contribution is 2.31. The van der Waals surface area contributed by atoms with Crippen molar-refractivity contribution in [3.63, 3.8) is 0 Å². The van der Waals surface area contributed by atoms with Crippen molar-refractivity contribution in [2.75, 3.05) is 12.3 Å². The number of hydrogen-bond donors (Lipinski definition) is 3. The summed E-state index contributed by atoms with van der Waals surface area (Å²) in [7, 11) is 0. The largest absolute Gasteiger partial charge is 0.380 e. The molecule has 1 aliphatic carbocycles. The van der Waals surface area contributed by atoms with Gasteiger partial charge in [-0.25, -0.2) is 0 Å². The standard InChI is InChI=1S/C28H31N5O2/c29-17-19-6-8-20(9-7-19)28(34)32-25(14-18-4-2-1-3-5-18)24-15-22(12-13-31-24)21-10-11-23-26(16-21)35-33-27(23)30/h1-5,10-13,15-16,19-20,25H,6-9,14,17,29H2,(H2,30,33)(H,32,34)/t19?,20?,25-/m0/s1. The number of carbonyl (C=O) groups is 1. The van der Waals surface area contributed by atoms with E-state index in [1.54, 1.807) is 6.20 Å². The van der Waals surface area contributed by atoms with Gasteiger partial charge in [0.15, 0.2) is 11.4 Å². The number of nitrogens with two attached hydrogens (primary N) is 2. The third kappa shape index (κ3) is 5.20. The summed E-state index contributed by atoms with van der Waals surface area (Å²) in [5, 5.41) is 7.96. The molecule has 0 radical (unpaired) electrons. The minimum Gasteiger partial charge on any atom is -0.380 e. The number of aromatic nitrogens is 2. The van der Waals surface area contributed by atoms with Crippen LogP contribution in [-0.4, -0.2) is 22.6 Å². The Balaban J connectivity index is 1.41. The van der Waals surface area contributed by atoms with Gasteiger partial charge in [0.1, 0.15) is 0 Å². The first kappa shape index (κ1) is 23.1. The molecule has 0 bridgehead atoms. The zero-order chi connectivity index (χ0) is 24.2. The van der Waals surface area contributed by atoms with Gasteiger partial charge >= 0.3 is 0 Å². The topological polar surface area (TPSA) is 120 Å². The Morgan fingerprint density at radius 3 is 2.57 bits per heavy atom. The predicted molar refractivity (Wildman–Crippen MR) is 137 cm³/mol. The molecule has 4 aromatic rings. The van der Waals surface area contributed by atoms with Gasteiger partial charge in [0.05, 0.1) is 17.1 Å². The maximum atomic E-state index is 13.3. The van der Waals surface area contributed by atoms with Crippen LogP contribution in [0.1, 0.15) is 43.0 Å². The smallest absolute Gasteiger partial charge is 0.223 e. The van der Waals surface area contributed by atoms with Gasteiger partial charge < -0.3 is 21.3 Å². The van der Waals surface area contributed by atoms with Crippen LogP contribution in [0.25, 0.3) is 22.1 Å². The molecule has 2 aromatic heterocycles. The Labute approximate surface area is 204 Å². The maximum absolute atomic E-state index is 13.3. The number of benzene rings is 2. The number of nitrogens with one attached hydrogen (secondary N) is 1. The van der Waals surface area contributed by atoms with E-state index in [1.807, 2.05) is 48.5 Å². The number of nitrogen functional groups attached to an aromatic ring is 1. The number of carbonyl (C=O) groups excluding carboxylic acids is 1. The summed E-state index contributed by atoms with van der Waals surface area (Å²) < 4.78 is 5.35. The third-order valence-electron chi connectivity index (χ3n) is 7.12. The molecule has 0 unspecified atom stereocenters. The van der Waals surface area contributed by atoms with E-state index in [4.69, 9.17) is 16.0 Å². The van der Waals surface area contributed by atoms with Crippen molar-refractivity contribution >= 4 is 22.7 Å². The van der Waals surface area contributed by atoms with Crippen LogP contribution in [0.4, 0.5) is 5.82 Å². The Hall–Kier alpha value is -3.71. The minimum absolute atomic E-state index is 0.0265. The summed E-state index contributed by atoms with van der Waals surface area (Å²) >= 11 is 0. The predicted octanol–water partition coefficient (Wildman–Crippen LogP) is 4.64. The number of amides is 1. The molecule has 7 heteroatoms. The normalized spacial score (nSPS) is 18.9. The summed E-state index contributed by atoms with van der Waals surface area (Å²) in [5.74, 6) is 1.05. The fourth-order valence-corrected chi connectivity index (χ4v) is 4.98. The van der Waals surface area contributed by atoms with Crippen LogP contribution >= 0.6 is 0 Å². The average molecular weight is 470 g/mol. The van der Waals surface area contributed by atoms with E-state index in [0.29, 0.717) is 30.3 Å². The van der Waals surface area contributed by atoms with Crippen LogP contribution in [0.2, 0.25) is 0 Å². The average Bonchev–Trinajstić information content (AvgIpc) is 3.29. The number of fused-ring (bicyclic) bond motifs is 1. The van der Waals surface area contributed by atoms with Gasteiger partial charge in [0.2, 0.25) is 5.91 Å². The van der Waals surface area contributed by atoms with Crippen LogP contribution in [0.5, 0.6) is 0 Å². The minimum atomic E-state index is -0.235. The van der Waals surface area contributed by atoms with Crippen LogP contribution in [0, 0.1) is 11.8 Å². The fraction of sp³-hybridized carbons (Fsp3) is 0.321. The second kappa shape index (κ2) is 10.3. The van der Waals surface area contributed by atoms with Gasteiger partial charge in [-0.3, -0.25) is 9.78 Å². The molecule has 1 saturated carbocycles. The molecule has 1 amide bonds. The summed E-state index contributed by atoms with van der Waals surface area (Å²) in [4.78, 5) is 17.9. The molecular weight excluding hydrogens is 438 g/mol. The Bertz CT molecular complexity index is 1300. The summed E-state index contributed by atoms with van der Waals surface area (Å²) in [6, 6.07) is 19.8. The number of hydrogen-bond acceptors (Lipinski definition) is 6. The number of rotatable bonds is 7. The lowest BCUT2D eigenvalue weighted by Gasteiger charge is -2.28. The van der Waals surface area contributed by atoms with Crippen molar-refractivity contribution in [1.29, 1.82) is 0 Å². The first-order valence-corrected chi connectivity index (χ1v) is 12.3.